The molecule has 3 N–H and O–H groups in total. The number of nitrogens with one attached hydrogen (secondary N) is 2. The third-order valence-corrected chi connectivity index (χ3v) is 5.66. The van der Waals surface area contributed by atoms with Gasteiger partial charge in [-0.05, 0) is 48.6 Å². The fourth-order valence-electron chi connectivity index (χ4n) is 4.32. The molecule has 0 saturated carbocycles. The van der Waals surface area contributed by atoms with Crippen molar-refractivity contribution in [1.29, 1.82) is 0 Å². The van der Waals surface area contributed by atoms with Gasteiger partial charge < -0.3 is 20.1 Å². The Balaban J connectivity index is 1.84. The van der Waals surface area contributed by atoms with Gasteiger partial charge in [-0.3, -0.25) is 4.79 Å². The zero-order valence-electron chi connectivity index (χ0n) is 15.8. The Bertz CT molecular complexity index is 1080. The molecule has 0 saturated heterocycles. The number of methoxy groups -OCH3 is 1. The molecule has 2 unspecified atom stereocenters. The van der Waals surface area contributed by atoms with Crippen LogP contribution in [0.5, 0.6) is 5.75 Å². The van der Waals surface area contributed by atoms with E-state index in [9.17, 15) is 14.3 Å². The minimum Gasteiger partial charge on any atom is -0.508 e. The van der Waals surface area contributed by atoms with E-state index in [-0.39, 0.29) is 29.4 Å². The van der Waals surface area contributed by atoms with E-state index in [2.05, 4.69) is 17.2 Å². The van der Waals surface area contributed by atoms with E-state index in [1.165, 1.54) is 18.2 Å². The lowest BCUT2D eigenvalue weighted by Crippen LogP contribution is -2.34. The van der Waals surface area contributed by atoms with Gasteiger partial charge in [0, 0.05) is 35.9 Å². The van der Waals surface area contributed by atoms with Gasteiger partial charge in [0.1, 0.15) is 11.6 Å². The number of rotatable bonds is 4. The molecule has 1 aliphatic rings. The third kappa shape index (κ3) is 3.14. The summed E-state index contributed by atoms with van der Waals surface area (Å²) in [5.41, 5.74) is 2.86. The molecule has 0 amide bonds. The van der Waals surface area contributed by atoms with Crippen molar-refractivity contribution >= 4 is 16.6 Å². The van der Waals surface area contributed by atoms with Crippen molar-refractivity contribution in [3.8, 4) is 5.75 Å². The van der Waals surface area contributed by atoms with Gasteiger partial charge in [-0.2, -0.15) is 0 Å². The molecule has 3 aromatic rings. The highest BCUT2D eigenvalue weighted by molar-refractivity contribution is 5.91. The van der Waals surface area contributed by atoms with Gasteiger partial charge in [-0.1, -0.05) is 13.0 Å². The van der Waals surface area contributed by atoms with Crippen molar-refractivity contribution in [2.24, 2.45) is 0 Å². The summed E-state index contributed by atoms with van der Waals surface area (Å²) in [5, 5.41) is 14.8. The smallest absolute Gasteiger partial charge is 0.248 e. The zero-order valence-corrected chi connectivity index (χ0v) is 15.8. The maximum absolute atomic E-state index is 14.2. The van der Waals surface area contributed by atoms with Gasteiger partial charge in [0.2, 0.25) is 5.56 Å². The second-order valence-corrected chi connectivity index (χ2v) is 7.25. The second kappa shape index (κ2) is 7.28. The van der Waals surface area contributed by atoms with Crippen LogP contribution in [0.4, 0.5) is 10.1 Å². The molecule has 4 rings (SSSR count). The second-order valence-electron chi connectivity index (χ2n) is 7.25. The van der Waals surface area contributed by atoms with Crippen LogP contribution in [0.3, 0.4) is 0 Å². The van der Waals surface area contributed by atoms with Crippen molar-refractivity contribution in [2.45, 2.75) is 37.8 Å². The number of hydrogen-bond donors (Lipinski definition) is 3. The molecule has 0 radical (unpaired) electrons. The number of halogens is 1. The van der Waals surface area contributed by atoms with Gasteiger partial charge in [-0.25, -0.2) is 4.39 Å². The van der Waals surface area contributed by atoms with Crippen molar-refractivity contribution < 1.29 is 14.2 Å². The number of aromatic amines is 1. The molecule has 28 heavy (non-hydrogen) atoms. The lowest BCUT2D eigenvalue weighted by molar-refractivity contribution is 0.0646. The molecule has 3 atom stereocenters. The van der Waals surface area contributed by atoms with E-state index in [1.54, 1.807) is 13.2 Å². The van der Waals surface area contributed by atoms with E-state index in [4.69, 9.17) is 4.74 Å². The molecular formula is C22H23FN2O3. The van der Waals surface area contributed by atoms with E-state index < -0.39 is 5.82 Å². The molecule has 1 aliphatic carbocycles. The van der Waals surface area contributed by atoms with E-state index in [0.29, 0.717) is 5.56 Å². The third-order valence-electron chi connectivity index (χ3n) is 5.66. The first-order valence-electron chi connectivity index (χ1n) is 9.45. The van der Waals surface area contributed by atoms with Crippen molar-refractivity contribution in [3.63, 3.8) is 0 Å². The number of aromatic nitrogens is 1. The standard InChI is InChI=1S/C22H23FN2O3/c1-3-12-9-19(28-2)22(15-10-13(23)11-18(26)21(12)15)25-17-6-4-5-16-14(17)7-8-20(27)24-16/h4-8,10-12,19,22,25-26H,3,9H2,1-2H3,(H,24,27)/t12-,19?,22?/m1/s1. The summed E-state index contributed by atoms with van der Waals surface area (Å²) < 4.78 is 19.9. The number of aromatic hydroxyl groups is 1. The molecule has 146 valence electrons. The van der Waals surface area contributed by atoms with Gasteiger partial charge in [0.15, 0.2) is 0 Å². The Kier molecular flexibility index (Phi) is 4.81. The average Bonchev–Trinajstić information content (AvgIpc) is 2.67. The normalized spacial score (nSPS) is 21.5. The number of fused-ring (bicyclic) bond motifs is 2. The van der Waals surface area contributed by atoms with E-state index in [1.807, 2.05) is 18.2 Å². The first-order chi connectivity index (χ1) is 13.5. The van der Waals surface area contributed by atoms with Crippen LogP contribution in [0.25, 0.3) is 10.9 Å². The van der Waals surface area contributed by atoms with Crippen LogP contribution in [-0.2, 0) is 4.74 Å². The Labute approximate surface area is 162 Å². The number of hydrogen-bond acceptors (Lipinski definition) is 4. The molecule has 0 spiro atoms. The Morgan fingerprint density at radius 2 is 2.11 bits per heavy atom. The Morgan fingerprint density at radius 1 is 1.29 bits per heavy atom. The maximum atomic E-state index is 14.2. The summed E-state index contributed by atoms with van der Waals surface area (Å²) in [6, 6.07) is 11.2. The van der Waals surface area contributed by atoms with Gasteiger partial charge in [-0.15, -0.1) is 0 Å². The molecule has 0 bridgehead atoms. The minimum absolute atomic E-state index is 0.00884. The van der Waals surface area contributed by atoms with Crippen LogP contribution >= 0.6 is 0 Å². The van der Waals surface area contributed by atoms with Gasteiger partial charge in [0.05, 0.1) is 17.7 Å². The van der Waals surface area contributed by atoms with Crippen LogP contribution in [0.1, 0.15) is 42.9 Å². The highest BCUT2D eigenvalue weighted by atomic mass is 19.1. The highest BCUT2D eigenvalue weighted by Crippen LogP contribution is 2.46. The predicted octanol–water partition coefficient (Wildman–Crippen LogP) is 4.44. The molecule has 0 fully saturated rings. The lowest BCUT2D eigenvalue weighted by atomic mass is 9.76. The number of ether oxygens (including phenoxy) is 1. The largest absolute Gasteiger partial charge is 0.508 e. The molecule has 1 heterocycles. The van der Waals surface area contributed by atoms with Crippen LogP contribution in [0.2, 0.25) is 0 Å². The monoisotopic (exact) mass is 382 g/mol. The Hall–Kier alpha value is -2.86. The van der Waals surface area contributed by atoms with Gasteiger partial charge >= 0.3 is 0 Å². The zero-order chi connectivity index (χ0) is 19.8. The fraction of sp³-hybridized carbons (Fsp3) is 0.318. The molecule has 1 aromatic heterocycles. The number of phenolic OH excluding ortho intramolecular Hbond substituents is 1. The van der Waals surface area contributed by atoms with Crippen molar-refractivity contribution in [1.82, 2.24) is 4.98 Å². The summed E-state index contributed by atoms with van der Waals surface area (Å²) in [6.45, 7) is 2.05. The fourth-order valence-corrected chi connectivity index (χ4v) is 4.32. The van der Waals surface area contributed by atoms with Gasteiger partial charge in [0.25, 0.3) is 0 Å². The summed E-state index contributed by atoms with van der Waals surface area (Å²) >= 11 is 0. The maximum Gasteiger partial charge on any atom is 0.248 e. The molecular weight excluding hydrogens is 359 g/mol. The quantitative estimate of drug-likeness (QED) is 0.624. The molecule has 2 aromatic carbocycles. The SMILES string of the molecule is CC[C@@H]1CC(OC)C(Nc2cccc3[nH]c(=O)ccc23)c2cc(F)cc(O)c21. The molecule has 6 heteroatoms. The predicted molar refractivity (Wildman–Crippen MR) is 107 cm³/mol. The Morgan fingerprint density at radius 3 is 2.86 bits per heavy atom. The molecule has 0 aliphatic heterocycles. The van der Waals surface area contributed by atoms with Crippen LogP contribution in [0.15, 0.2) is 47.3 Å². The summed E-state index contributed by atoms with van der Waals surface area (Å²) in [4.78, 5) is 14.4. The summed E-state index contributed by atoms with van der Waals surface area (Å²) in [7, 11) is 1.65. The van der Waals surface area contributed by atoms with Crippen LogP contribution < -0.4 is 10.9 Å². The molecule has 5 nitrogen and oxygen atoms in total. The summed E-state index contributed by atoms with van der Waals surface area (Å²) in [6.07, 6.45) is 1.36. The van der Waals surface area contributed by atoms with Crippen LogP contribution in [-0.4, -0.2) is 23.3 Å². The summed E-state index contributed by atoms with van der Waals surface area (Å²) in [5.74, 6) is -0.384. The average molecular weight is 382 g/mol. The van der Waals surface area contributed by atoms with E-state index >= 15 is 0 Å². The minimum atomic E-state index is -0.475. The number of pyridine rings is 1. The number of H-pyrrole nitrogens is 1. The first kappa shape index (κ1) is 18.5. The number of benzene rings is 2. The number of anilines is 1. The van der Waals surface area contributed by atoms with Crippen LogP contribution in [0, 0.1) is 5.82 Å². The number of phenols is 1. The van der Waals surface area contributed by atoms with E-state index in [0.717, 1.165) is 35.0 Å². The van der Waals surface area contributed by atoms with Crippen molar-refractivity contribution in [3.05, 3.63) is 69.8 Å². The topological polar surface area (TPSA) is 74.3 Å². The first-order valence-corrected chi connectivity index (χ1v) is 9.45. The lowest BCUT2D eigenvalue weighted by Gasteiger charge is -2.38. The highest BCUT2D eigenvalue weighted by Gasteiger charge is 2.37. The van der Waals surface area contributed by atoms with Crippen molar-refractivity contribution in [2.75, 3.05) is 12.4 Å².